The van der Waals surface area contributed by atoms with Gasteiger partial charge in [0.15, 0.2) is 0 Å². The molecule has 1 atom stereocenters. The summed E-state index contributed by atoms with van der Waals surface area (Å²) in [4.78, 5) is 23.7. The zero-order valence-electron chi connectivity index (χ0n) is 19.1. The Balaban J connectivity index is 2.38. The average molecular weight is 426 g/mol. The van der Waals surface area contributed by atoms with Gasteiger partial charge in [-0.3, -0.25) is 9.59 Å². The number of aryl methyl sites for hydroxylation is 2. The summed E-state index contributed by atoms with van der Waals surface area (Å²) in [6.07, 6.45) is 2.30. The summed E-state index contributed by atoms with van der Waals surface area (Å²) < 4.78 is 14.8. The van der Waals surface area contributed by atoms with Crippen LogP contribution in [0.3, 0.4) is 0 Å². The lowest BCUT2D eigenvalue weighted by Crippen LogP contribution is -2.42. The van der Waals surface area contributed by atoms with Crippen LogP contribution in [0.2, 0.25) is 0 Å². The standard InChI is InChI=1S/C25H32FN3O2/c1-7-18(25(31)29-17(6)24(27)30)12-19-10-16(5)22(11-15(19)4)21-9-8-20(13-23(21)26)28-14(2)3/h8-14,17,28H,7H2,1-6H3,(H2,27,30)(H,29,31)/t17-/m1/s1. The second-order valence-corrected chi connectivity index (χ2v) is 8.14. The van der Waals surface area contributed by atoms with Gasteiger partial charge in [0.05, 0.1) is 0 Å². The Morgan fingerprint density at radius 1 is 1.06 bits per heavy atom. The molecule has 0 unspecified atom stereocenters. The molecule has 4 N–H and O–H groups in total. The number of hydrogen-bond donors (Lipinski definition) is 3. The van der Waals surface area contributed by atoms with Gasteiger partial charge in [-0.05, 0) is 87.6 Å². The van der Waals surface area contributed by atoms with E-state index in [9.17, 15) is 14.0 Å². The number of primary amides is 1. The van der Waals surface area contributed by atoms with Gasteiger partial charge in [-0.2, -0.15) is 0 Å². The highest BCUT2D eigenvalue weighted by atomic mass is 19.1. The van der Waals surface area contributed by atoms with Crippen molar-refractivity contribution in [3.05, 3.63) is 58.4 Å². The summed E-state index contributed by atoms with van der Waals surface area (Å²) >= 11 is 0. The molecule has 0 saturated heterocycles. The van der Waals surface area contributed by atoms with E-state index in [0.717, 1.165) is 27.9 Å². The molecular formula is C25H32FN3O2. The van der Waals surface area contributed by atoms with Crippen LogP contribution in [0.1, 0.15) is 50.8 Å². The lowest BCUT2D eigenvalue weighted by Gasteiger charge is -2.15. The van der Waals surface area contributed by atoms with Crippen molar-refractivity contribution in [1.29, 1.82) is 0 Å². The third-order valence-electron chi connectivity index (χ3n) is 5.10. The summed E-state index contributed by atoms with van der Waals surface area (Å²) in [6, 6.07) is 8.53. The van der Waals surface area contributed by atoms with E-state index in [1.165, 1.54) is 6.07 Å². The zero-order chi connectivity index (χ0) is 23.3. The summed E-state index contributed by atoms with van der Waals surface area (Å²) in [5, 5.41) is 5.81. The van der Waals surface area contributed by atoms with Gasteiger partial charge in [0.1, 0.15) is 11.9 Å². The fourth-order valence-corrected chi connectivity index (χ4v) is 3.32. The second-order valence-electron chi connectivity index (χ2n) is 8.14. The van der Waals surface area contributed by atoms with Crippen molar-refractivity contribution in [2.75, 3.05) is 5.32 Å². The molecule has 2 rings (SSSR count). The van der Waals surface area contributed by atoms with Gasteiger partial charge in [0.2, 0.25) is 11.8 Å². The first kappa shape index (κ1) is 24.1. The molecule has 0 bridgehead atoms. The summed E-state index contributed by atoms with van der Waals surface area (Å²) in [6.45, 7) is 11.3. The number of benzene rings is 2. The predicted octanol–water partition coefficient (Wildman–Crippen LogP) is 4.71. The van der Waals surface area contributed by atoms with E-state index >= 15 is 0 Å². The number of carbonyl (C=O) groups is 2. The van der Waals surface area contributed by atoms with E-state index in [0.29, 0.717) is 17.6 Å². The van der Waals surface area contributed by atoms with E-state index < -0.39 is 11.9 Å². The fourth-order valence-electron chi connectivity index (χ4n) is 3.32. The van der Waals surface area contributed by atoms with Crippen molar-refractivity contribution in [2.45, 2.75) is 60.0 Å². The first-order valence-electron chi connectivity index (χ1n) is 10.5. The lowest BCUT2D eigenvalue weighted by atomic mass is 9.93. The van der Waals surface area contributed by atoms with Crippen LogP contribution in [0.4, 0.5) is 10.1 Å². The van der Waals surface area contributed by atoms with E-state index in [-0.39, 0.29) is 17.8 Å². The molecule has 5 nitrogen and oxygen atoms in total. The SMILES string of the molecule is CCC(=Cc1cc(C)c(-c2ccc(NC(C)C)cc2F)cc1C)C(=O)N[C@H](C)C(N)=O. The summed E-state index contributed by atoms with van der Waals surface area (Å²) in [5.74, 6) is -1.20. The van der Waals surface area contributed by atoms with Gasteiger partial charge in [-0.1, -0.05) is 19.1 Å². The van der Waals surface area contributed by atoms with E-state index in [2.05, 4.69) is 10.6 Å². The van der Waals surface area contributed by atoms with Crippen molar-refractivity contribution in [1.82, 2.24) is 5.32 Å². The second kappa shape index (κ2) is 10.2. The molecule has 2 amide bonds. The van der Waals surface area contributed by atoms with E-state index in [1.807, 2.05) is 52.8 Å². The molecule has 0 aliphatic rings. The van der Waals surface area contributed by atoms with Gasteiger partial charge in [-0.25, -0.2) is 4.39 Å². The lowest BCUT2D eigenvalue weighted by molar-refractivity contribution is -0.125. The topological polar surface area (TPSA) is 84.2 Å². The molecule has 166 valence electrons. The minimum Gasteiger partial charge on any atom is -0.383 e. The molecule has 0 aliphatic heterocycles. The van der Waals surface area contributed by atoms with E-state index in [4.69, 9.17) is 5.73 Å². The number of anilines is 1. The summed E-state index contributed by atoms with van der Waals surface area (Å²) in [5.41, 5.74) is 10.6. The Kier molecular flexibility index (Phi) is 7.97. The minimum atomic E-state index is -0.746. The monoisotopic (exact) mass is 425 g/mol. The van der Waals surface area contributed by atoms with Crippen LogP contribution in [0.15, 0.2) is 35.9 Å². The Hall–Kier alpha value is -3.15. The third kappa shape index (κ3) is 6.17. The number of hydrogen-bond acceptors (Lipinski definition) is 3. The molecule has 0 saturated carbocycles. The van der Waals surface area contributed by atoms with Crippen molar-refractivity contribution in [3.8, 4) is 11.1 Å². The number of carbonyl (C=O) groups excluding carboxylic acids is 2. The number of nitrogens with one attached hydrogen (secondary N) is 2. The number of halogens is 1. The van der Waals surface area contributed by atoms with E-state index in [1.54, 1.807) is 19.1 Å². The third-order valence-corrected chi connectivity index (χ3v) is 5.10. The van der Waals surface area contributed by atoms with Gasteiger partial charge in [0.25, 0.3) is 0 Å². The first-order valence-corrected chi connectivity index (χ1v) is 10.5. The Morgan fingerprint density at radius 3 is 2.29 bits per heavy atom. The van der Waals surface area contributed by atoms with Crippen molar-refractivity contribution in [2.24, 2.45) is 5.73 Å². The molecule has 0 spiro atoms. The van der Waals surface area contributed by atoms with Crippen LogP contribution in [-0.4, -0.2) is 23.9 Å². The van der Waals surface area contributed by atoms with Gasteiger partial charge < -0.3 is 16.4 Å². The predicted molar refractivity (Wildman–Crippen MR) is 125 cm³/mol. The highest BCUT2D eigenvalue weighted by molar-refractivity contribution is 6.00. The molecule has 6 heteroatoms. The Morgan fingerprint density at radius 2 is 1.74 bits per heavy atom. The quantitative estimate of drug-likeness (QED) is 0.536. The van der Waals surface area contributed by atoms with Crippen molar-refractivity contribution >= 4 is 23.6 Å². The highest BCUT2D eigenvalue weighted by Crippen LogP contribution is 2.31. The van der Waals surface area contributed by atoms with Gasteiger partial charge in [0, 0.05) is 22.9 Å². The molecule has 0 aromatic heterocycles. The molecule has 0 aliphatic carbocycles. The molecular weight excluding hydrogens is 393 g/mol. The highest BCUT2D eigenvalue weighted by Gasteiger charge is 2.16. The number of nitrogens with two attached hydrogens (primary N) is 1. The maximum atomic E-state index is 14.8. The zero-order valence-corrected chi connectivity index (χ0v) is 19.1. The molecule has 31 heavy (non-hydrogen) atoms. The molecule has 0 heterocycles. The Labute approximate surface area is 183 Å². The maximum Gasteiger partial charge on any atom is 0.247 e. The van der Waals surface area contributed by atoms with Crippen LogP contribution >= 0.6 is 0 Å². The van der Waals surface area contributed by atoms with Gasteiger partial charge >= 0.3 is 0 Å². The fraction of sp³-hybridized carbons (Fsp3) is 0.360. The molecule has 2 aromatic rings. The summed E-state index contributed by atoms with van der Waals surface area (Å²) in [7, 11) is 0. The smallest absolute Gasteiger partial charge is 0.247 e. The van der Waals surface area contributed by atoms with Gasteiger partial charge in [-0.15, -0.1) is 0 Å². The van der Waals surface area contributed by atoms with Crippen LogP contribution in [-0.2, 0) is 9.59 Å². The van der Waals surface area contributed by atoms with Crippen LogP contribution in [0, 0.1) is 19.7 Å². The number of amides is 2. The van der Waals surface area contributed by atoms with Crippen LogP contribution < -0.4 is 16.4 Å². The molecule has 0 radical (unpaired) electrons. The van der Waals surface area contributed by atoms with Crippen LogP contribution in [0.25, 0.3) is 17.2 Å². The Bertz CT molecular complexity index is 1010. The first-order chi connectivity index (χ1) is 14.5. The molecule has 2 aromatic carbocycles. The van der Waals surface area contributed by atoms with Crippen LogP contribution in [0.5, 0.6) is 0 Å². The number of rotatable bonds is 8. The maximum absolute atomic E-state index is 14.8. The van der Waals surface area contributed by atoms with Crippen molar-refractivity contribution in [3.63, 3.8) is 0 Å². The molecule has 0 fully saturated rings. The largest absolute Gasteiger partial charge is 0.383 e. The average Bonchev–Trinajstić information content (AvgIpc) is 2.68. The van der Waals surface area contributed by atoms with Crippen molar-refractivity contribution < 1.29 is 14.0 Å². The normalized spacial score (nSPS) is 12.6. The minimum absolute atomic E-state index is 0.219.